The smallest absolute Gasteiger partial charge is 0.150 e. The molecule has 2 atom stereocenters. The van der Waals surface area contributed by atoms with Crippen molar-refractivity contribution in [3.05, 3.63) is 89.5 Å². The summed E-state index contributed by atoms with van der Waals surface area (Å²) in [6.07, 6.45) is 7.70. The lowest BCUT2D eigenvalue weighted by atomic mass is 9.80. The van der Waals surface area contributed by atoms with E-state index < -0.39 is 23.2 Å². The van der Waals surface area contributed by atoms with Gasteiger partial charge in [0.2, 0.25) is 0 Å². The SMILES string of the molecule is C[C@@H](C/C=C/c1ccc(C=O)cc1)[C@](O)(Cn1cncn1)c1ccc(F)cc1F. The number of aromatic nitrogens is 3. The van der Waals surface area contributed by atoms with Gasteiger partial charge in [0, 0.05) is 17.2 Å². The summed E-state index contributed by atoms with van der Waals surface area (Å²) in [7, 11) is 0. The monoisotopic (exact) mass is 397 g/mol. The maximum atomic E-state index is 14.5. The molecule has 0 spiro atoms. The van der Waals surface area contributed by atoms with Gasteiger partial charge in [-0.3, -0.25) is 4.79 Å². The van der Waals surface area contributed by atoms with Crippen molar-refractivity contribution in [2.45, 2.75) is 25.5 Å². The Balaban J connectivity index is 1.84. The van der Waals surface area contributed by atoms with Gasteiger partial charge >= 0.3 is 0 Å². The highest BCUT2D eigenvalue weighted by atomic mass is 19.1. The molecule has 1 N–H and O–H groups in total. The molecule has 150 valence electrons. The van der Waals surface area contributed by atoms with Crippen LogP contribution in [0, 0.1) is 17.6 Å². The van der Waals surface area contributed by atoms with Gasteiger partial charge in [0.1, 0.15) is 36.2 Å². The number of aldehydes is 1. The van der Waals surface area contributed by atoms with Crippen LogP contribution in [0.2, 0.25) is 0 Å². The van der Waals surface area contributed by atoms with E-state index in [1.807, 2.05) is 24.3 Å². The van der Waals surface area contributed by atoms with Crippen molar-refractivity contribution in [2.24, 2.45) is 5.92 Å². The molecule has 7 heteroatoms. The molecule has 0 saturated carbocycles. The van der Waals surface area contributed by atoms with Crippen LogP contribution >= 0.6 is 0 Å². The fourth-order valence-corrected chi connectivity index (χ4v) is 3.20. The number of carbonyl (C=O) groups excluding carboxylic acids is 1. The second kappa shape index (κ2) is 8.87. The topological polar surface area (TPSA) is 68.0 Å². The molecule has 0 aliphatic heterocycles. The van der Waals surface area contributed by atoms with E-state index >= 15 is 0 Å². The molecule has 0 saturated heterocycles. The van der Waals surface area contributed by atoms with Crippen molar-refractivity contribution in [3.63, 3.8) is 0 Å². The minimum Gasteiger partial charge on any atom is -0.383 e. The van der Waals surface area contributed by atoms with Gasteiger partial charge in [-0.05, 0) is 24.0 Å². The molecule has 0 fully saturated rings. The summed E-state index contributed by atoms with van der Waals surface area (Å²) in [5.41, 5.74) is -0.136. The molecular formula is C22H21F2N3O2. The molecule has 5 nitrogen and oxygen atoms in total. The van der Waals surface area contributed by atoms with Crippen molar-refractivity contribution in [1.82, 2.24) is 14.8 Å². The normalized spacial score (nSPS) is 14.6. The molecule has 1 aromatic heterocycles. The number of hydrogen-bond acceptors (Lipinski definition) is 4. The number of aliphatic hydroxyl groups is 1. The second-order valence-electron chi connectivity index (χ2n) is 6.97. The summed E-state index contributed by atoms with van der Waals surface area (Å²) in [6, 6.07) is 10.2. The van der Waals surface area contributed by atoms with Gasteiger partial charge in [-0.1, -0.05) is 49.4 Å². The zero-order valence-electron chi connectivity index (χ0n) is 15.9. The molecule has 29 heavy (non-hydrogen) atoms. The Hall–Kier alpha value is -3.19. The number of allylic oxidation sites excluding steroid dienone is 1. The van der Waals surface area contributed by atoms with Crippen molar-refractivity contribution < 1.29 is 18.7 Å². The Morgan fingerprint density at radius 2 is 1.90 bits per heavy atom. The first-order valence-corrected chi connectivity index (χ1v) is 9.14. The van der Waals surface area contributed by atoms with Crippen molar-refractivity contribution in [1.29, 1.82) is 0 Å². The predicted octanol–water partition coefficient (Wildman–Crippen LogP) is 4.00. The third-order valence-corrected chi connectivity index (χ3v) is 4.95. The Kier molecular flexibility index (Phi) is 6.29. The van der Waals surface area contributed by atoms with E-state index in [-0.39, 0.29) is 12.1 Å². The molecule has 1 heterocycles. The predicted molar refractivity (Wildman–Crippen MR) is 105 cm³/mol. The van der Waals surface area contributed by atoms with Gasteiger partial charge in [0.25, 0.3) is 0 Å². The zero-order chi connectivity index (χ0) is 20.9. The maximum Gasteiger partial charge on any atom is 0.150 e. The quantitative estimate of drug-likeness (QED) is 0.584. The minimum absolute atomic E-state index is 0.00522. The van der Waals surface area contributed by atoms with Crippen LogP contribution in [-0.2, 0) is 12.1 Å². The molecule has 0 radical (unpaired) electrons. The number of benzene rings is 2. The van der Waals surface area contributed by atoms with Gasteiger partial charge in [0.05, 0.1) is 6.54 Å². The molecule has 3 aromatic rings. The Labute approximate surface area is 167 Å². The average molecular weight is 397 g/mol. The number of halogens is 2. The standard InChI is InChI=1S/C22H21F2N3O2/c1-16(3-2-4-17-5-7-18(12-28)8-6-17)22(29,13-27-15-25-14-26-27)20-10-9-19(23)11-21(20)24/h2,4-12,14-16,29H,3,13H2,1H3/b4-2+/t16-,22+/m0/s1. The first-order valence-electron chi connectivity index (χ1n) is 9.14. The fraction of sp³-hybridized carbons (Fsp3) is 0.227. The van der Waals surface area contributed by atoms with Gasteiger partial charge < -0.3 is 5.11 Å². The van der Waals surface area contributed by atoms with Crippen LogP contribution in [0.3, 0.4) is 0 Å². The lowest BCUT2D eigenvalue weighted by molar-refractivity contribution is -0.0379. The largest absolute Gasteiger partial charge is 0.383 e. The van der Waals surface area contributed by atoms with E-state index in [2.05, 4.69) is 10.1 Å². The number of nitrogens with zero attached hydrogens (tertiary/aromatic N) is 3. The third kappa shape index (κ3) is 4.81. The highest BCUT2D eigenvalue weighted by Crippen LogP contribution is 2.35. The summed E-state index contributed by atoms with van der Waals surface area (Å²) >= 11 is 0. The van der Waals surface area contributed by atoms with Crippen LogP contribution in [0.1, 0.15) is 34.8 Å². The lowest BCUT2D eigenvalue weighted by Gasteiger charge is -2.34. The van der Waals surface area contributed by atoms with Crippen LogP contribution in [0.5, 0.6) is 0 Å². The Morgan fingerprint density at radius 3 is 2.52 bits per heavy atom. The molecular weight excluding hydrogens is 376 g/mol. The Bertz CT molecular complexity index is 988. The number of rotatable bonds is 8. The van der Waals surface area contributed by atoms with E-state index in [1.54, 1.807) is 19.1 Å². The number of hydrogen-bond donors (Lipinski definition) is 1. The summed E-state index contributed by atoms with van der Waals surface area (Å²) in [5, 5.41) is 15.4. The molecule has 0 aliphatic rings. The van der Waals surface area contributed by atoms with Crippen molar-refractivity contribution >= 4 is 12.4 Å². The molecule has 2 aromatic carbocycles. The van der Waals surface area contributed by atoms with Crippen LogP contribution in [0.15, 0.2) is 61.2 Å². The van der Waals surface area contributed by atoms with Gasteiger partial charge in [0.15, 0.2) is 0 Å². The molecule has 0 amide bonds. The lowest BCUT2D eigenvalue weighted by Crippen LogP contribution is -2.39. The fourth-order valence-electron chi connectivity index (χ4n) is 3.20. The minimum atomic E-state index is -1.63. The highest BCUT2D eigenvalue weighted by Gasteiger charge is 2.38. The first-order chi connectivity index (χ1) is 13.9. The van der Waals surface area contributed by atoms with E-state index in [0.29, 0.717) is 12.0 Å². The maximum absolute atomic E-state index is 14.5. The second-order valence-corrected chi connectivity index (χ2v) is 6.97. The van der Waals surface area contributed by atoms with E-state index in [1.165, 1.54) is 23.4 Å². The van der Waals surface area contributed by atoms with Crippen molar-refractivity contribution in [3.8, 4) is 0 Å². The summed E-state index contributed by atoms with van der Waals surface area (Å²) in [5.74, 6) is -1.94. The van der Waals surface area contributed by atoms with E-state index in [9.17, 15) is 18.7 Å². The van der Waals surface area contributed by atoms with E-state index in [0.717, 1.165) is 24.0 Å². The molecule has 0 unspecified atom stereocenters. The van der Waals surface area contributed by atoms with Crippen LogP contribution in [-0.4, -0.2) is 26.2 Å². The summed E-state index contributed by atoms with van der Waals surface area (Å²) in [4.78, 5) is 14.6. The van der Waals surface area contributed by atoms with Crippen LogP contribution < -0.4 is 0 Å². The third-order valence-electron chi connectivity index (χ3n) is 4.95. The molecule has 3 rings (SSSR count). The van der Waals surface area contributed by atoms with Gasteiger partial charge in [-0.15, -0.1) is 0 Å². The average Bonchev–Trinajstić information content (AvgIpc) is 3.21. The van der Waals surface area contributed by atoms with Gasteiger partial charge in [-0.2, -0.15) is 5.10 Å². The van der Waals surface area contributed by atoms with Crippen LogP contribution in [0.4, 0.5) is 8.78 Å². The zero-order valence-corrected chi connectivity index (χ0v) is 15.9. The summed E-state index contributed by atoms with van der Waals surface area (Å²) < 4.78 is 29.3. The van der Waals surface area contributed by atoms with Crippen LogP contribution in [0.25, 0.3) is 6.08 Å². The van der Waals surface area contributed by atoms with Gasteiger partial charge in [-0.25, -0.2) is 18.4 Å². The molecule has 0 aliphatic carbocycles. The number of carbonyl (C=O) groups is 1. The van der Waals surface area contributed by atoms with E-state index in [4.69, 9.17) is 0 Å². The first kappa shape index (κ1) is 20.5. The Morgan fingerprint density at radius 1 is 1.17 bits per heavy atom. The molecule has 0 bridgehead atoms. The van der Waals surface area contributed by atoms with Crippen molar-refractivity contribution in [2.75, 3.05) is 0 Å². The highest BCUT2D eigenvalue weighted by molar-refractivity contribution is 5.75. The summed E-state index contributed by atoms with van der Waals surface area (Å²) in [6.45, 7) is 1.76.